The molecule has 3 aromatic heterocycles. The van der Waals surface area contributed by atoms with Crippen LogP contribution in [0.1, 0.15) is 11.3 Å². The predicted octanol–water partition coefficient (Wildman–Crippen LogP) is 4.37. The Morgan fingerprint density at radius 1 is 1.11 bits per heavy atom. The Bertz CT molecular complexity index is 1570. The Morgan fingerprint density at radius 2 is 1.91 bits per heavy atom. The molecule has 0 aliphatic heterocycles. The number of carbonyl (C=O) groups is 1. The zero-order valence-electron chi connectivity index (χ0n) is 18.7. The molecule has 0 aliphatic carbocycles. The number of ether oxygens (including phenoxy) is 2. The molecule has 2 aromatic carbocycles. The van der Waals surface area contributed by atoms with Gasteiger partial charge in [0.2, 0.25) is 0 Å². The maximum absolute atomic E-state index is 12.4. The summed E-state index contributed by atoms with van der Waals surface area (Å²) in [5.41, 5.74) is 3.41. The van der Waals surface area contributed by atoms with Gasteiger partial charge in [-0.3, -0.25) is 9.20 Å². The number of para-hydroxylation sites is 1. The average molecular weight is 485 g/mol. The molecular formula is C26H20N4O4S. The summed E-state index contributed by atoms with van der Waals surface area (Å²) in [4.78, 5) is 29.4. The van der Waals surface area contributed by atoms with Gasteiger partial charge in [0, 0.05) is 41.0 Å². The van der Waals surface area contributed by atoms with Gasteiger partial charge in [0.05, 0.1) is 24.2 Å². The van der Waals surface area contributed by atoms with Crippen LogP contribution < -0.4 is 10.3 Å². The topological polar surface area (TPSA) is 87.7 Å². The fourth-order valence-electron chi connectivity index (χ4n) is 3.51. The number of hydrogen-bond acceptors (Lipinski definition) is 7. The number of thiazole rings is 1. The molecule has 0 spiro atoms. The molecule has 9 heteroatoms. The van der Waals surface area contributed by atoms with Crippen LogP contribution in [0.3, 0.4) is 0 Å². The van der Waals surface area contributed by atoms with Crippen LogP contribution in [-0.4, -0.2) is 32.2 Å². The zero-order chi connectivity index (χ0) is 24.2. The van der Waals surface area contributed by atoms with Crippen LogP contribution >= 0.6 is 11.3 Å². The van der Waals surface area contributed by atoms with Crippen LogP contribution in [0, 0.1) is 0 Å². The second-order valence-electron chi connectivity index (χ2n) is 7.52. The molecule has 0 unspecified atom stereocenters. The van der Waals surface area contributed by atoms with Crippen molar-refractivity contribution in [2.45, 2.75) is 6.61 Å². The molecular weight excluding hydrogens is 464 g/mol. The molecule has 0 amide bonds. The highest BCUT2D eigenvalue weighted by atomic mass is 32.1. The van der Waals surface area contributed by atoms with E-state index in [1.807, 2.05) is 60.8 Å². The number of fused-ring (bicyclic) bond motifs is 1. The second-order valence-corrected chi connectivity index (χ2v) is 8.40. The smallest absolute Gasteiger partial charge is 0.331 e. The first kappa shape index (κ1) is 22.3. The molecule has 0 aliphatic rings. The van der Waals surface area contributed by atoms with E-state index in [2.05, 4.69) is 4.98 Å². The quantitative estimate of drug-likeness (QED) is 0.252. The zero-order valence-corrected chi connectivity index (χ0v) is 19.5. The number of esters is 1. The molecule has 0 bridgehead atoms. The van der Waals surface area contributed by atoms with Gasteiger partial charge in [-0.05, 0) is 42.5 Å². The minimum atomic E-state index is -0.550. The Morgan fingerprint density at radius 3 is 2.69 bits per heavy atom. The number of benzene rings is 2. The van der Waals surface area contributed by atoms with Gasteiger partial charge in [-0.1, -0.05) is 18.2 Å². The molecule has 5 rings (SSSR count). The monoisotopic (exact) mass is 484 g/mol. The molecule has 0 radical (unpaired) electrons. The molecule has 8 nitrogen and oxygen atoms in total. The van der Waals surface area contributed by atoms with Gasteiger partial charge in [-0.2, -0.15) is 5.10 Å². The Hall–Kier alpha value is -4.50. The highest BCUT2D eigenvalue weighted by Gasteiger charge is 2.12. The van der Waals surface area contributed by atoms with E-state index >= 15 is 0 Å². The number of methoxy groups -OCH3 is 1. The van der Waals surface area contributed by atoms with E-state index in [0.717, 1.165) is 22.6 Å². The first-order chi connectivity index (χ1) is 17.1. The molecule has 0 saturated carbocycles. The number of carbonyl (C=O) groups excluding carboxylic acids is 1. The minimum absolute atomic E-state index is 0.0958. The van der Waals surface area contributed by atoms with E-state index in [-0.39, 0.29) is 12.2 Å². The lowest BCUT2D eigenvalue weighted by atomic mass is 10.1. The highest BCUT2D eigenvalue weighted by Crippen LogP contribution is 2.26. The number of aromatic nitrogens is 4. The van der Waals surface area contributed by atoms with Gasteiger partial charge in [0.25, 0.3) is 5.56 Å². The lowest BCUT2D eigenvalue weighted by molar-refractivity contribution is -0.139. The largest absolute Gasteiger partial charge is 0.497 e. The minimum Gasteiger partial charge on any atom is -0.497 e. The Kier molecular flexibility index (Phi) is 6.23. The van der Waals surface area contributed by atoms with Gasteiger partial charge in [-0.15, -0.1) is 11.3 Å². The van der Waals surface area contributed by atoms with Crippen molar-refractivity contribution >= 4 is 28.3 Å². The van der Waals surface area contributed by atoms with Crippen molar-refractivity contribution < 1.29 is 14.3 Å². The van der Waals surface area contributed by atoms with Crippen molar-refractivity contribution in [2.75, 3.05) is 7.11 Å². The lowest BCUT2D eigenvalue weighted by Gasteiger charge is -2.03. The Labute approximate surface area is 204 Å². The van der Waals surface area contributed by atoms with Crippen LogP contribution in [0.15, 0.2) is 89.3 Å². The number of rotatable bonds is 7. The van der Waals surface area contributed by atoms with Crippen molar-refractivity contribution in [3.63, 3.8) is 0 Å². The average Bonchev–Trinajstić information content (AvgIpc) is 3.54. The third-order valence-corrected chi connectivity index (χ3v) is 6.00. The van der Waals surface area contributed by atoms with Crippen molar-refractivity contribution in [1.29, 1.82) is 0 Å². The molecule has 0 fully saturated rings. The van der Waals surface area contributed by atoms with Gasteiger partial charge < -0.3 is 9.47 Å². The van der Waals surface area contributed by atoms with Gasteiger partial charge >= 0.3 is 5.97 Å². The van der Waals surface area contributed by atoms with E-state index < -0.39 is 5.97 Å². The molecule has 0 atom stereocenters. The molecule has 3 heterocycles. The summed E-state index contributed by atoms with van der Waals surface area (Å²) in [6, 6.07) is 18.6. The number of nitrogens with zero attached hydrogens (tertiary/aromatic N) is 4. The molecule has 0 saturated heterocycles. The fraction of sp³-hybridized carbons (Fsp3) is 0.0769. The van der Waals surface area contributed by atoms with E-state index in [4.69, 9.17) is 14.6 Å². The van der Waals surface area contributed by atoms with Crippen molar-refractivity contribution in [1.82, 2.24) is 19.2 Å². The van der Waals surface area contributed by atoms with Crippen LogP contribution in [0.2, 0.25) is 0 Å². The standard InChI is InChI=1S/C26H20N4O4S/c1-33-22-10-7-18(8-11-22)25-19(16-30(28-25)21-5-3-2-4-6-21)9-12-24(32)34-17-20-15-23(31)29-13-14-35-26(29)27-20/h2-16H,17H2,1H3/b12-9+. The summed E-state index contributed by atoms with van der Waals surface area (Å²) in [5, 5.41) is 6.51. The molecule has 35 heavy (non-hydrogen) atoms. The van der Waals surface area contributed by atoms with Crippen LogP contribution in [0.4, 0.5) is 0 Å². The first-order valence-corrected chi connectivity index (χ1v) is 11.6. The van der Waals surface area contributed by atoms with Crippen LogP contribution in [0.5, 0.6) is 5.75 Å². The van der Waals surface area contributed by atoms with E-state index in [1.165, 1.54) is 27.9 Å². The summed E-state index contributed by atoms with van der Waals surface area (Å²) in [5.74, 6) is 0.192. The molecule has 174 valence electrons. The van der Waals surface area contributed by atoms with E-state index in [9.17, 15) is 9.59 Å². The normalized spacial score (nSPS) is 11.2. The third-order valence-electron chi connectivity index (χ3n) is 5.24. The predicted molar refractivity (Wildman–Crippen MR) is 134 cm³/mol. The van der Waals surface area contributed by atoms with E-state index in [1.54, 1.807) is 29.4 Å². The summed E-state index contributed by atoms with van der Waals surface area (Å²) >= 11 is 1.34. The summed E-state index contributed by atoms with van der Waals surface area (Å²) in [7, 11) is 1.61. The maximum Gasteiger partial charge on any atom is 0.331 e. The van der Waals surface area contributed by atoms with E-state index in [0.29, 0.717) is 16.3 Å². The first-order valence-electron chi connectivity index (χ1n) is 10.7. The van der Waals surface area contributed by atoms with Gasteiger partial charge in [-0.25, -0.2) is 14.5 Å². The fourth-order valence-corrected chi connectivity index (χ4v) is 4.25. The SMILES string of the molecule is COc1ccc(-c2nn(-c3ccccc3)cc2/C=C/C(=O)OCc2cc(=O)n3ccsc3n2)cc1. The van der Waals surface area contributed by atoms with Crippen molar-refractivity contribution in [3.8, 4) is 22.7 Å². The Balaban J connectivity index is 1.38. The van der Waals surface area contributed by atoms with Crippen LogP contribution in [0.25, 0.3) is 28.0 Å². The summed E-state index contributed by atoms with van der Waals surface area (Å²) in [6.07, 6.45) is 6.52. The van der Waals surface area contributed by atoms with Crippen LogP contribution in [-0.2, 0) is 16.1 Å². The summed E-state index contributed by atoms with van der Waals surface area (Å²) in [6.45, 7) is -0.0958. The second kappa shape index (κ2) is 9.78. The maximum atomic E-state index is 12.4. The number of hydrogen-bond donors (Lipinski definition) is 0. The molecule has 0 N–H and O–H groups in total. The van der Waals surface area contributed by atoms with Gasteiger partial charge in [0.1, 0.15) is 12.4 Å². The van der Waals surface area contributed by atoms with Gasteiger partial charge in [0.15, 0.2) is 4.96 Å². The summed E-state index contributed by atoms with van der Waals surface area (Å²) < 4.78 is 13.8. The lowest BCUT2D eigenvalue weighted by Crippen LogP contribution is -2.14. The molecule has 5 aromatic rings. The highest BCUT2D eigenvalue weighted by molar-refractivity contribution is 7.15. The van der Waals surface area contributed by atoms with Crippen molar-refractivity contribution in [3.05, 3.63) is 106 Å². The third kappa shape index (κ3) is 4.90. The van der Waals surface area contributed by atoms with Crippen molar-refractivity contribution in [2.24, 2.45) is 0 Å².